The number of phenols is 2. The number of carbonyl (C=O) groups excluding carboxylic acids is 6. The molecule has 0 heterocycles. The first-order valence-corrected chi connectivity index (χ1v) is 22.6. The largest absolute Gasteiger partial charge is 0.508 e. The van der Waals surface area contributed by atoms with E-state index in [4.69, 9.17) is 11.5 Å². The zero-order valence-corrected chi connectivity index (χ0v) is 39.9. The van der Waals surface area contributed by atoms with Gasteiger partial charge in [0, 0.05) is 62.8 Å². The number of aliphatic hydroxyl groups is 6. The Bertz CT molecular complexity index is 3050. The number of hydrogen-bond donors (Lipinski definition) is 10. The molecule has 0 radical (unpaired) electrons. The number of aromatic hydroxyl groups is 2. The van der Waals surface area contributed by atoms with Crippen LogP contribution in [0, 0.1) is 51.3 Å². The van der Waals surface area contributed by atoms with Gasteiger partial charge in [-0.15, -0.1) is 0 Å². The Morgan fingerprint density at radius 3 is 1.54 bits per heavy atom. The number of nitrogens with two attached hydrogens (primary N) is 2. The smallest absolute Gasteiger partial charge is 0.255 e. The summed E-state index contributed by atoms with van der Waals surface area (Å²) < 4.78 is 0. The minimum Gasteiger partial charge on any atom is -0.508 e. The Morgan fingerprint density at radius 1 is 0.686 bits per heavy atom. The lowest BCUT2D eigenvalue weighted by atomic mass is 9.44. The molecule has 0 aliphatic heterocycles. The number of Topliss-reactive ketones (excluding diaryl/α,β-unsaturated/α-hetero) is 4. The first-order valence-electron chi connectivity index (χ1n) is 22.6. The van der Waals surface area contributed by atoms with Gasteiger partial charge >= 0.3 is 0 Å². The Kier molecular flexibility index (Phi) is 11.2. The summed E-state index contributed by atoms with van der Waals surface area (Å²) in [6.45, 7) is 6.28. The number of likely N-dealkylation sites (N-methyl/N-ethyl adjacent to an activating group) is 2. The minimum atomic E-state index is -2.87. The summed E-state index contributed by atoms with van der Waals surface area (Å²) in [4.78, 5) is 84.8. The van der Waals surface area contributed by atoms with Gasteiger partial charge in [-0.05, 0) is 89.3 Å². The normalized spacial score (nSPS) is 34.4. The third-order valence-corrected chi connectivity index (χ3v) is 16.2. The lowest BCUT2D eigenvalue weighted by Gasteiger charge is -2.62. The fourth-order valence-corrected chi connectivity index (χ4v) is 13.7. The van der Waals surface area contributed by atoms with Gasteiger partial charge in [-0.3, -0.25) is 33.7 Å². The Labute approximate surface area is 403 Å². The van der Waals surface area contributed by atoms with Gasteiger partial charge in [0.25, 0.3) is 5.91 Å². The zero-order chi connectivity index (χ0) is 51.9. The molecule has 70 heavy (non-hydrogen) atoms. The van der Waals surface area contributed by atoms with Crippen LogP contribution in [0.3, 0.4) is 0 Å². The van der Waals surface area contributed by atoms with Crippen molar-refractivity contribution >= 4 is 46.5 Å². The molecule has 0 bridgehead atoms. The van der Waals surface area contributed by atoms with Gasteiger partial charge in [-0.25, -0.2) is 0 Å². The van der Waals surface area contributed by atoms with Gasteiger partial charge < -0.3 is 57.2 Å². The zero-order valence-electron chi connectivity index (χ0n) is 39.9. The number of carbonyl (C=O) groups is 6. The highest BCUT2D eigenvalue weighted by Crippen LogP contribution is 2.65. The van der Waals surface area contributed by atoms with E-state index in [-0.39, 0.29) is 60.8 Å². The van der Waals surface area contributed by atoms with Crippen molar-refractivity contribution in [2.45, 2.75) is 95.6 Å². The fraction of sp³-hybridized carbons (Fsp3) is 0.462. The number of primary amides is 2. The number of unbranched alkanes of at least 4 members (excludes halogenated alkanes) is 1. The molecule has 2 unspecified atom stereocenters. The molecular weight excluding hydrogens is 905 g/mol. The lowest BCUT2D eigenvalue weighted by molar-refractivity contribution is -0.208. The third kappa shape index (κ3) is 6.26. The monoisotopic (exact) mass is 960 g/mol. The van der Waals surface area contributed by atoms with Crippen molar-refractivity contribution in [1.82, 2.24) is 9.80 Å². The van der Waals surface area contributed by atoms with Crippen molar-refractivity contribution < 1.29 is 69.6 Å². The standard InChI is InChI=1S/C52H56N4O14/c1-47-19-25-23(15-17-27(57)29(25)35(59)33(47)43(65)51(69)41(63)31(45(53)67)37(61)39(55(5)6)49(51,3)21-47)13-11-9-10-12-14-24-16-18-28(58)30-26(24)20-48(2)22-50(4)40(56(7)8)38(62)32(46(54)68)42(64)52(50,70)44(66)34(48)36(30)60/h15-18,31,37,39-40,57-61,64,69-70H,9-10,19-22H2,1-8H3,(H2,53,67)(H2,54,68)/t31?,37?,39-,40-,47+,48+,49+,50+,51-,52-/m1/s1. The molecule has 18 heteroatoms. The van der Waals surface area contributed by atoms with E-state index >= 15 is 0 Å². The fourth-order valence-electron chi connectivity index (χ4n) is 13.7. The number of rotatable bonds is 5. The van der Waals surface area contributed by atoms with Crippen molar-refractivity contribution in [1.29, 1.82) is 0 Å². The number of hydrogen-bond acceptors (Lipinski definition) is 16. The molecule has 0 aromatic heterocycles. The summed E-state index contributed by atoms with van der Waals surface area (Å²) >= 11 is 0. The number of phenolic OH excluding ortho intramolecular Hbond substituents is 2. The van der Waals surface area contributed by atoms with E-state index < -0.39 is 126 Å². The average molecular weight is 961 g/mol. The third-order valence-electron chi connectivity index (χ3n) is 16.2. The first kappa shape index (κ1) is 49.6. The van der Waals surface area contributed by atoms with E-state index in [0.717, 1.165) is 0 Å². The molecule has 10 atom stereocenters. The van der Waals surface area contributed by atoms with Gasteiger partial charge in [0.05, 0.1) is 23.3 Å². The average Bonchev–Trinajstić information content (AvgIpc) is 3.22. The summed E-state index contributed by atoms with van der Waals surface area (Å²) in [5, 5.41) is 93.1. The first-order chi connectivity index (χ1) is 32.4. The van der Waals surface area contributed by atoms with Crippen LogP contribution in [0.2, 0.25) is 0 Å². The number of ketones is 4. The van der Waals surface area contributed by atoms with Crippen LogP contribution in [0.15, 0.2) is 46.7 Å². The minimum absolute atomic E-state index is 0.00262. The molecule has 368 valence electrons. The molecule has 3 saturated carbocycles. The van der Waals surface area contributed by atoms with Gasteiger partial charge in [-0.1, -0.05) is 51.4 Å². The topological polar surface area (TPSA) is 323 Å². The molecule has 0 spiro atoms. The van der Waals surface area contributed by atoms with Crippen LogP contribution in [0.1, 0.15) is 86.8 Å². The quantitative estimate of drug-likeness (QED) is 0.0870. The lowest BCUT2D eigenvalue weighted by Crippen LogP contribution is -2.79. The number of aliphatic hydroxyl groups excluding tert-OH is 4. The van der Waals surface area contributed by atoms with Crippen molar-refractivity contribution in [3.63, 3.8) is 0 Å². The van der Waals surface area contributed by atoms with Crippen LogP contribution in [0.5, 0.6) is 11.5 Å². The van der Waals surface area contributed by atoms with E-state index in [1.165, 1.54) is 49.9 Å². The molecule has 3 fully saturated rings. The summed E-state index contributed by atoms with van der Waals surface area (Å²) in [6.07, 6.45) is -1.55. The van der Waals surface area contributed by atoms with Crippen LogP contribution in [0.4, 0.5) is 0 Å². The summed E-state index contributed by atoms with van der Waals surface area (Å²) in [5.41, 5.74) is -0.939. The van der Waals surface area contributed by atoms with Crippen molar-refractivity contribution in [2.24, 2.45) is 39.0 Å². The molecule has 18 nitrogen and oxygen atoms in total. The molecule has 6 aliphatic rings. The van der Waals surface area contributed by atoms with Crippen molar-refractivity contribution in [3.05, 3.63) is 80.1 Å². The highest BCUT2D eigenvalue weighted by atomic mass is 16.4. The number of amides is 2. The van der Waals surface area contributed by atoms with E-state index in [2.05, 4.69) is 23.7 Å². The summed E-state index contributed by atoms with van der Waals surface area (Å²) in [6, 6.07) is 3.25. The highest BCUT2D eigenvalue weighted by Gasteiger charge is 2.76. The second-order valence-corrected chi connectivity index (χ2v) is 21.2. The second-order valence-electron chi connectivity index (χ2n) is 21.2. The maximum Gasteiger partial charge on any atom is 0.255 e. The van der Waals surface area contributed by atoms with E-state index in [1.54, 1.807) is 40.1 Å². The van der Waals surface area contributed by atoms with Crippen molar-refractivity contribution in [3.8, 4) is 35.2 Å². The van der Waals surface area contributed by atoms with E-state index in [1.807, 2.05) is 0 Å². The summed E-state index contributed by atoms with van der Waals surface area (Å²) in [7, 11) is 6.19. The predicted molar refractivity (Wildman–Crippen MR) is 250 cm³/mol. The predicted octanol–water partition coefficient (Wildman–Crippen LogP) is 1.15. The Balaban J connectivity index is 1.11. The molecule has 12 N–H and O–H groups in total. The maximum atomic E-state index is 14.6. The van der Waals surface area contributed by atoms with Gasteiger partial charge in [-0.2, -0.15) is 0 Å². The van der Waals surface area contributed by atoms with Gasteiger partial charge in [0.15, 0.2) is 22.8 Å². The van der Waals surface area contributed by atoms with Gasteiger partial charge in [0.2, 0.25) is 17.5 Å². The molecular formula is C52H56N4O14. The number of benzene rings is 2. The molecule has 0 saturated heterocycles. The van der Waals surface area contributed by atoms with Crippen LogP contribution in [0.25, 0.3) is 11.5 Å². The molecule has 2 amide bonds. The maximum absolute atomic E-state index is 14.6. The number of fused-ring (bicyclic) bond motifs is 6. The van der Waals surface area contributed by atoms with Crippen LogP contribution in [-0.2, 0) is 41.6 Å². The molecule has 2 aromatic carbocycles. The Hall–Kier alpha value is -6.80. The van der Waals surface area contributed by atoms with Crippen LogP contribution < -0.4 is 11.5 Å². The van der Waals surface area contributed by atoms with Crippen LogP contribution in [-0.4, -0.2) is 143 Å². The second kappa shape index (κ2) is 15.9. The number of nitrogens with zero attached hydrogens (tertiary/aromatic N) is 2. The molecule has 8 rings (SSSR count). The summed E-state index contributed by atoms with van der Waals surface area (Å²) in [5.74, 6) is 0.0482. The molecule has 6 aliphatic carbocycles. The molecule has 2 aromatic rings. The van der Waals surface area contributed by atoms with Crippen LogP contribution >= 0.6 is 0 Å². The highest BCUT2D eigenvalue weighted by molar-refractivity contribution is 6.26. The SMILES string of the molecule is CN(C)[C@@H]1C(=O)C(C(N)=O)=C(O)[C@@]2(O)C(=O)C3=C(O)c4c(O)ccc(C#CCCC#Cc5ccc(O)c6c5C[C@@]5(C)C[C@@]7(C)[C@H](N(C)C)C(O)C(C(N)=O)C(=O)[C@@]7(O)C(=O)C5=C6O)c4C[C@@]3(C)C[C@@]12C. The van der Waals surface area contributed by atoms with E-state index in [9.17, 15) is 69.6 Å². The van der Waals surface area contributed by atoms with Gasteiger partial charge in [0.1, 0.15) is 40.3 Å². The van der Waals surface area contributed by atoms with E-state index in [0.29, 0.717) is 22.3 Å². The van der Waals surface area contributed by atoms with Crippen molar-refractivity contribution in [2.75, 3.05) is 28.2 Å². The Morgan fingerprint density at radius 2 is 1.13 bits per heavy atom.